The van der Waals surface area contributed by atoms with Crippen LogP contribution in [0.2, 0.25) is 0 Å². The molecule has 0 bridgehead atoms. The van der Waals surface area contributed by atoms with Crippen molar-refractivity contribution in [3.63, 3.8) is 0 Å². The molecule has 1 amide bonds. The summed E-state index contributed by atoms with van der Waals surface area (Å²) in [6, 6.07) is 0. The highest BCUT2D eigenvalue weighted by molar-refractivity contribution is 5.86. The van der Waals surface area contributed by atoms with Gasteiger partial charge in [0.1, 0.15) is 0 Å². The number of aliphatic hydroxyl groups excluding tert-OH is 2. The van der Waals surface area contributed by atoms with E-state index in [1.165, 1.54) is 0 Å². The van der Waals surface area contributed by atoms with Crippen LogP contribution in [-0.2, 0) is 4.79 Å². The highest BCUT2D eigenvalue weighted by Gasteiger charge is 2.35. The van der Waals surface area contributed by atoms with Gasteiger partial charge in [0.2, 0.25) is 5.91 Å². The Morgan fingerprint density at radius 3 is 2.93 bits per heavy atom. The number of hydrogen-bond acceptors (Lipinski definition) is 4. The van der Waals surface area contributed by atoms with Crippen LogP contribution in [0.15, 0.2) is 0 Å². The Labute approximate surface area is 83.5 Å². The van der Waals surface area contributed by atoms with Crippen molar-refractivity contribution in [3.05, 3.63) is 0 Å². The second-order valence-electron chi connectivity index (χ2n) is 3.91. The van der Waals surface area contributed by atoms with Crippen LogP contribution in [0.3, 0.4) is 0 Å². The third kappa shape index (κ3) is 2.67. The second-order valence-corrected chi connectivity index (χ2v) is 3.91. The number of nitrogens with one attached hydrogen (secondary N) is 2. The van der Waals surface area contributed by atoms with E-state index in [1.807, 2.05) is 6.92 Å². The lowest BCUT2D eigenvalue weighted by Crippen LogP contribution is -2.52. The highest BCUT2D eigenvalue weighted by atomic mass is 16.3. The Morgan fingerprint density at radius 2 is 2.43 bits per heavy atom. The summed E-state index contributed by atoms with van der Waals surface area (Å²) >= 11 is 0. The lowest BCUT2D eigenvalue weighted by molar-refractivity contribution is -0.127. The van der Waals surface area contributed by atoms with Gasteiger partial charge in [0.05, 0.1) is 18.2 Å². The molecule has 0 aromatic rings. The molecule has 0 radical (unpaired) electrons. The first kappa shape index (κ1) is 11.4. The van der Waals surface area contributed by atoms with Crippen LogP contribution in [0.4, 0.5) is 0 Å². The maximum atomic E-state index is 11.6. The predicted octanol–water partition coefficient (Wildman–Crippen LogP) is -1.40. The van der Waals surface area contributed by atoms with E-state index in [4.69, 9.17) is 10.2 Å². The van der Waals surface area contributed by atoms with E-state index in [-0.39, 0.29) is 19.1 Å². The lowest BCUT2D eigenvalue weighted by Gasteiger charge is -2.23. The number of amides is 1. The number of rotatable bonds is 4. The standard InChI is InChI=1S/C9H18N2O3/c1-9(3-2-4-11-9)8(14)10-5-7(13)6-12/h7,11-13H,2-6H2,1H3,(H,10,14). The molecule has 0 aromatic carbocycles. The minimum Gasteiger partial charge on any atom is -0.394 e. The van der Waals surface area contributed by atoms with Crippen LogP contribution in [0, 0.1) is 0 Å². The Kier molecular flexibility index (Phi) is 3.86. The zero-order chi connectivity index (χ0) is 10.6. The minimum absolute atomic E-state index is 0.104. The van der Waals surface area contributed by atoms with Crippen molar-refractivity contribution < 1.29 is 15.0 Å². The predicted molar refractivity (Wildman–Crippen MR) is 51.7 cm³/mol. The zero-order valence-corrected chi connectivity index (χ0v) is 8.42. The second kappa shape index (κ2) is 4.72. The van der Waals surface area contributed by atoms with Crippen LogP contribution in [0.5, 0.6) is 0 Å². The smallest absolute Gasteiger partial charge is 0.240 e. The van der Waals surface area contributed by atoms with Gasteiger partial charge in [-0.1, -0.05) is 0 Å². The molecule has 0 aliphatic carbocycles. The fraction of sp³-hybridized carbons (Fsp3) is 0.889. The number of hydrogen-bond donors (Lipinski definition) is 4. The van der Waals surface area contributed by atoms with Gasteiger partial charge in [0.15, 0.2) is 0 Å². The van der Waals surface area contributed by atoms with E-state index < -0.39 is 11.6 Å². The molecule has 1 rings (SSSR count). The van der Waals surface area contributed by atoms with E-state index >= 15 is 0 Å². The molecular formula is C9H18N2O3. The maximum absolute atomic E-state index is 11.6. The quantitative estimate of drug-likeness (QED) is 0.452. The topological polar surface area (TPSA) is 81.6 Å². The van der Waals surface area contributed by atoms with Gasteiger partial charge in [0, 0.05) is 6.54 Å². The van der Waals surface area contributed by atoms with Crippen LogP contribution in [0.1, 0.15) is 19.8 Å². The van der Waals surface area contributed by atoms with Crippen molar-refractivity contribution in [2.45, 2.75) is 31.4 Å². The van der Waals surface area contributed by atoms with E-state index in [0.29, 0.717) is 0 Å². The molecule has 14 heavy (non-hydrogen) atoms. The molecule has 1 saturated heterocycles. The van der Waals surface area contributed by atoms with Gasteiger partial charge >= 0.3 is 0 Å². The van der Waals surface area contributed by atoms with Gasteiger partial charge in [0.25, 0.3) is 0 Å². The van der Waals surface area contributed by atoms with Gasteiger partial charge in [-0.05, 0) is 26.3 Å². The molecule has 1 heterocycles. The fourth-order valence-corrected chi connectivity index (χ4v) is 1.56. The first-order valence-corrected chi connectivity index (χ1v) is 4.91. The van der Waals surface area contributed by atoms with Gasteiger partial charge in [-0.3, -0.25) is 4.79 Å². The molecule has 2 atom stereocenters. The first-order chi connectivity index (χ1) is 6.58. The van der Waals surface area contributed by atoms with E-state index in [0.717, 1.165) is 19.4 Å². The molecule has 1 fully saturated rings. The molecule has 2 unspecified atom stereocenters. The SMILES string of the molecule is CC1(C(=O)NCC(O)CO)CCCN1. The highest BCUT2D eigenvalue weighted by Crippen LogP contribution is 2.18. The Hall–Kier alpha value is -0.650. The number of aliphatic hydroxyl groups is 2. The van der Waals surface area contributed by atoms with Gasteiger partial charge < -0.3 is 20.8 Å². The monoisotopic (exact) mass is 202 g/mol. The Morgan fingerprint density at radius 1 is 1.71 bits per heavy atom. The summed E-state index contributed by atoms with van der Waals surface area (Å²) in [6.07, 6.45) is 0.935. The molecule has 1 aliphatic rings. The third-order valence-corrected chi connectivity index (χ3v) is 2.58. The van der Waals surface area contributed by atoms with Crippen molar-refractivity contribution in [2.75, 3.05) is 19.7 Å². The van der Waals surface area contributed by atoms with Crippen molar-refractivity contribution in [2.24, 2.45) is 0 Å². The molecule has 1 aliphatic heterocycles. The van der Waals surface area contributed by atoms with Crippen LogP contribution >= 0.6 is 0 Å². The van der Waals surface area contributed by atoms with Crippen LogP contribution in [0.25, 0.3) is 0 Å². The summed E-state index contributed by atoms with van der Waals surface area (Å²) in [5, 5.41) is 23.3. The zero-order valence-electron chi connectivity index (χ0n) is 8.42. The van der Waals surface area contributed by atoms with Gasteiger partial charge in [-0.15, -0.1) is 0 Å². The minimum atomic E-state index is -0.871. The summed E-state index contributed by atoms with van der Waals surface area (Å²) in [7, 11) is 0. The van der Waals surface area contributed by atoms with Gasteiger partial charge in [-0.2, -0.15) is 0 Å². The Balaban J connectivity index is 2.34. The third-order valence-electron chi connectivity index (χ3n) is 2.58. The average molecular weight is 202 g/mol. The van der Waals surface area contributed by atoms with Crippen LogP contribution < -0.4 is 10.6 Å². The summed E-state index contributed by atoms with van der Waals surface area (Å²) in [4.78, 5) is 11.6. The maximum Gasteiger partial charge on any atom is 0.240 e. The van der Waals surface area contributed by atoms with Crippen molar-refractivity contribution in [3.8, 4) is 0 Å². The fourth-order valence-electron chi connectivity index (χ4n) is 1.56. The number of carbonyl (C=O) groups excluding carboxylic acids is 1. The van der Waals surface area contributed by atoms with Crippen molar-refractivity contribution in [1.82, 2.24) is 10.6 Å². The lowest BCUT2D eigenvalue weighted by atomic mass is 9.99. The van der Waals surface area contributed by atoms with E-state index in [9.17, 15) is 4.79 Å². The summed E-state index contributed by atoms with van der Waals surface area (Å²) in [5.41, 5.74) is -0.505. The van der Waals surface area contributed by atoms with Crippen LogP contribution in [-0.4, -0.2) is 47.5 Å². The van der Waals surface area contributed by atoms with E-state index in [2.05, 4.69) is 10.6 Å². The summed E-state index contributed by atoms with van der Waals surface area (Å²) < 4.78 is 0. The van der Waals surface area contributed by atoms with Crippen molar-refractivity contribution in [1.29, 1.82) is 0 Å². The largest absolute Gasteiger partial charge is 0.394 e. The normalized spacial score (nSPS) is 28.8. The molecule has 0 aromatic heterocycles. The summed E-state index contributed by atoms with van der Waals surface area (Å²) in [5.74, 6) is -0.109. The first-order valence-electron chi connectivity index (χ1n) is 4.91. The molecule has 82 valence electrons. The molecule has 5 heteroatoms. The summed E-state index contributed by atoms with van der Waals surface area (Å²) in [6.45, 7) is 2.48. The molecule has 0 saturated carbocycles. The van der Waals surface area contributed by atoms with Crippen molar-refractivity contribution >= 4 is 5.91 Å². The van der Waals surface area contributed by atoms with Gasteiger partial charge in [-0.25, -0.2) is 0 Å². The molecule has 0 spiro atoms. The Bertz CT molecular complexity index is 202. The molecule has 4 N–H and O–H groups in total. The molecular weight excluding hydrogens is 184 g/mol. The number of carbonyl (C=O) groups is 1. The molecule has 5 nitrogen and oxygen atoms in total. The average Bonchev–Trinajstić information content (AvgIpc) is 2.62. The van der Waals surface area contributed by atoms with E-state index in [1.54, 1.807) is 0 Å².